The van der Waals surface area contributed by atoms with Crippen LogP contribution in [-0.2, 0) is 4.79 Å². The van der Waals surface area contributed by atoms with Crippen LogP contribution in [0.2, 0.25) is 0 Å². The Kier molecular flexibility index (Phi) is 4.19. The second kappa shape index (κ2) is 5.77. The smallest absolute Gasteiger partial charge is 0.264 e. The molecule has 1 saturated heterocycles. The number of thiophene rings is 1. The van der Waals surface area contributed by atoms with Gasteiger partial charge in [-0.05, 0) is 50.8 Å². The molecule has 4 nitrogen and oxygen atoms in total. The molecule has 0 spiro atoms. The number of carbonyl (C=O) groups excluding carboxylic acids is 2. The molecule has 3 rings (SSSR count). The molecular weight excluding hydrogens is 408 g/mol. The molecule has 108 valence electrons. The highest BCUT2D eigenvalue weighted by Crippen LogP contribution is 2.33. The largest absolute Gasteiger partial charge is 0.339 e. The van der Waals surface area contributed by atoms with Crippen LogP contribution in [0.25, 0.3) is 0 Å². The Bertz CT molecular complexity index is 529. The van der Waals surface area contributed by atoms with E-state index in [9.17, 15) is 9.59 Å². The van der Waals surface area contributed by atoms with E-state index in [1.165, 1.54) is 11.3 Å². The van der Waals surface area contributed by atoms with Gasteiger partial charge in [-0.2, -0.15) is 0 Å². The van der Waals surface area contributed by atoms with Crippen LogP contribution < -0.4 is 0 Å². The van der Waals surface area contributed by atoms with Crippen molar-refractivity contribution in [1.82, 2.24) is 9.80 Å². The number of hydrogen-bond donors (Lipinski definition) is 0. The summed E-state index contributed by atoms with van der Waals surface area (Å²) in [5.74, 6) is 0.597. The molecule has 0 bridgehead atoms. The summed E-state index contributed by atoms with van der Waals surface area (Å²) < 4.78 is 1.84. The Morgan fingerprint density at radius 3 is 2.20 bits per heavy atom. The average molecular weight is 422 g/mol. The van der Waals surface area contributed by atoms with E-state index < -0.39 is 0 Å². The zero-order chi connectivity index (χ0) is 14.3. The van der Waals surface area contributed by atoms with Crippen LogP contribution in [0.4, 0.5) is 0 Å². The van der Waals surface area contributed by atoms with Gasteiger partial charge < -0.3 is 9.80 Å². The van der Waals surface area contributed by atoms with Crippen LogP contribution >= 0.6 is 43.2 Å². The first-order chi connectivity index (χ1) is 9.56. The number of carbonyl (C=O) groups is 2. The first-order valence-electron chi connectivity index (χ1n) is 6.59. The molecule has 0 aromatic carbocycles. The van der Waals surface area contributed by atoms with Gasteiger partial charge in [-0.15, -0.1) is 11.3 Å². The lowest BCUT2D eigenvalue weighted by molar-refractivity contribution is -0.134. The van der Waals surface area contributed by atoms with Crippen molar-refractivity contribution < 1.29 is 9.59 Å². The summed E-state index contributed by atoms with van der Waals surface area (Å²) in [4.78, 5) is 28.8. The van der Waals surface area contributed by atoms with Crippen molar-refractivity contribution in [3.05, 3.63) is 19.2 Å². The van der Waals surface area contributed by atoms with Gasteiger partial charge in [-0.25, -0.2) is 0 Å². The van der Waals surface area contributed by atoms with Crippen LogP contribution in [0.5, 0.6) is 0 Å². The Hall–Kier alpha value is -0.400. The molecule has 1 aromatic rings. The van der Waals surface area contributed by atoms with E-state index in [2.05, 4.69) is 31.9 Å². The Labute approximate surface area is 138 Å². The van der Waals surface area contributed by atoms with Crippen LogP contribution in [-0.4, -0.2) is 47.8 Å². The fourth-order valence-electron chi connectivity index (χ4n) is 2.33. The van der Waals surface area contributed by atoms with Gasteiger partial charge in [0.15, 0.2) is 0 Å². The van der Waals surface area contributed by atoms with Crippen molar-refractivity contribution in [2.45, 2.75) is 12.8 Å². The molecule has 0 unspecified atom stereocenters. The monoisotopic (exact) mass is 420 g/mol. The molecule has 2 fully saturated rings. The SMILES string of the molecule is O=C(c1cc(Br)c(Br)s1)N1CCN(C(=O)C2CC2)CC1. The summed E-state index contributed by atoms with van der Waals surface area (Å²) in [5, 5.41) is 0. The number of amides is 2. The number of nitrogens with zero attached hydrogens (tertiary/aromatic N) is 2. The van der Waals surface area contributed by atoms with Crippen LogP contribution in [0.15, 0.2) is 14.3 Å². The summed E-state index contributed by atoms with van der Waals surface area (Å²) in [5.41, 5.74) is 0. The summed E-state index contributed by atoms with van der Waals surface area (Å²) in [6, 6.07) is 1.85. The number of rotatable bonds is 2. The maximum absolute atomic E-state index is 12.4. The fourth-order valence-corrected chi connectivity index (χ4v) is 4.33. The molecule has 0 radical (unpaired) electrons. The van der Waals surface area contributed by atoms with E-state index >= 15 is 0 Å². The lowest BCUT2D eigenvalue weighted by Crippen LogP contribution is -2.50. The zero-order valence-electron chi connectivity index (χ0n) is 10.8. The first-order valence-corrected chi connectivity index (χ1v) is 8.99. The van der Waals surface area contributed by atoms with Gasteiger partial charge >= 0.3 is 0 Å². The van der Waals surface area contributed by atoms with Gasteiger partial charge in [-0.3, -0.25) is 9.59 Å². The van der Waals surface area contributed by atoms with Crippen molar-refractivity contribution in [3.63, 3.8) is 0 Å². The second-order valence-corrected chi connectivity index (χ2v) is 8.35. The molecule has 1 aliphatic carbocycles. The normalized spacial score (nSPS) is 19.3. The van der Waals surface area contributed by atoms with Crippen LogP contribution in [0.3, 0.4) is 0 Å². The summed E-state index contributed by atoms with van der Waals surface area (Å²) in [6.07, 6.45) is 2.07. The summed E-state index contributed by atoms with van der Waals surface area (Å²) in [7, 11) is 0. The standard InChI is InChI=1S/C13H14Br2N2O2S/c14-9-7-10(20-11(9)15)13(19)17-5-3-16(4-6-17)12(18)8-1-2-8/h7-8H,1-6H2. The minimum Gasteiger partial charge on any atom is -0.339 e. The molecule has 1 aromatic heterocycles. The highest BCUT2D eigenvalue weighted by atomic mass is 79.9. The Morgan fingerprint density at radius 1 is 1.10 bits per heavy atom. The van der Waals surface area contributed by atoms with E-state index in [4.69, 9.17) is 0 Å². The average Bonchev–Trinajstić information content (AvgIpc) is 3.24. The van der Waals surface area contributed by atoms with E-state index in [0.717, 1.165) is 26.0 Å². The van der Waals surface area contributed by atoms with E-state index in [-0.39, 0.29) is 17.7 Å². The molecule has 2 aliphatic rings. The van der Waals surface area contributed by atoms with Gasteiger partial charge in [0.05, 0.1) is 8.66 Å². The number of hydrogen-bond acceptors (Lipinski definition) is 3. The number of halogens is 2. The van der Waals surface area contributed by atoms with E-state index in [0.29, 0.717) is 26.2 Å². The molecular formula is C13H14Br2N2O2S. The van der Waals surface area contributed by atoms with Crippen molar-refractivity contribution in [2.24, 2.45) is 5.92 Å². The third kappa shape index (κ3) is 2.94. The quantitative estimate of drug-likeness (QED) is 0.736. The van der Waals surface area contributed by atoms with Gasteiger partial charge in [0, 0.05) is 36.6 Å². The van der Waals surface area contributed by atoms with Crippen LogP contribution in [0.1, 0.15) is 22.5 Å². The summed E-state index contributed by atoms with van der Waals surface area (Å²) in [6.45, 7) is 2.58. The topological polar surface area (TPSA) is 40.6 Å². The maximum atomic E-state index is 12.4. The molecule has 0 N–H and O–H groups in total. The molecule has 7 heteroatoms. The number of piperazine rings is 1. The van der Waals surface area contributed by atoms with Crippen molar-refractivity contribution in [3.8, 4) is 0 Å². The second-order valence-electron chi connectivity index (χ2n) is 5.12. The highest BCUT2D eigenvalue weighted by Gasteiger charge is 2.35. The van der Waals surface area contributed by atoms with Crippen molar-refractivity contribution >= 4 is 55.0 Å². The first kappa shape index (κ1) is 14.5. The van der Waals surface area contributed by atoms with Gasteiger partial charge in [0.25, 0.3) is 5.91 Å². The van der Waals surface area contributed by atoms with Crippen molar-refractivity contribution in [2.75, 3.05) is 26.2 Å². The molecule has 1 saturated carbocycles. The third-order valence-electron chi connectivity index (χ3n) is 3.66. The zero-order valence-corrected chi connectivity index (χ0v) is 14.8. The fraction of sp³-hybridized carbons (Fsp3) is 0.538. The van der Waals surface area contributed by atoms with Gasteiger partial charge in [0.1, 0.15) is 0 Å². The Balaban J connectivity index is 1.59. The minimum atomic E-state index is 0.0555. The van der Waals surface area contributed by atoms with Gasteiger partial charge in [0.2, 0.25) is 5.91 Å². The molecule has 2 heterocycles. The third-order valence-corrected chi connectivity index (χ3v) is 6.91. The molecule has 1 aliphatic heterocycles. The van der Waals surface area contributed by atoms with E-state index in [1.807, 2.05) is 15.9 Å². The molecule has 2 amide bonds. The minimum absolute atomic E-state index is 0.0555. The Morgan fingerprint density at radius 2 is 1.70 bits per heavy atom. The predicted molar refractivity (Wildman–Crippen MR) is 84.9 cm³/mol. The lowest BCUT2D eigenvalue weighted by atomic mass is 10.2. The van der Waals surface area contributed by atoms with Crippen molar-refractivity contribution in [1.29, 1.82) is 0 Å². The summed E-state index contributed by atoms with van der Waals surface area (Å²) >= 11 is 8.24. The lowest BCUT2D eigenvalue weighted by Gasteiger charge is -2.34. The molecule has 20 heavy (non-hydrogen) atoms. The predicted octanol–water partition coefficient (Wildman–Crippen LogP) is 2.97. The highest BCUT2D eigenvalue weighted by molar-refractivity contribution is 9.13. The maximum Gasteiger partial charge on any atom is 0.264 e. The van der Waals surface area contributed by atoms with Gasteiger partial charge in [-0.1, -0.05) is 0 Å². The van der Waals surface area contributed by atoms with E-state index in [1.54, 1.807) is 0 Å². The van der Waals surface area contributed by atoms with Crippen LogP contribution in [0, 0.1) is 5.92 Å². The molecule has 0 atom stereocenters.